The molecule has 4 rings (SSSR count). The minimum Gasteiger partial charge on any atom is -0.497 e. The molecule has 1 aromatic carbocycles. The lowest BCUT2D eigenvalue weighted by Gasteiger charge is -2.06. The number of nitrogens with one attached hydrogen (secondary N) is 1. The van der Waals surface area contributed by atoms with Gasteiger partial charge in [-0.2, -0.15) is 5.10 Å². The van der Waals surface area contributed by atoms with Crippen molar-refractivity contribution in [3.63, 3.8) is 0 Å². The molecular weight excluding hydrogens is 336 g/mol. The van der Waals surface area contributed by atoms with Crippen LogP contribution in [-0.4, -0.2) is 33.9 Å². The zero-order chi connectivity index (χ0) is 17.4. The van der Waals surface area contributed by atoms with Gasteiger partial charge >= 0.3 is 0 Å². The summed E-state index contributed by atoms with van der Waals surface area (Å²) in [4.78, 5) is 17.4. The average molecular weight is 354 g/mol. The van der Waals surface area contributed by atoms with Crippen molar-refractivity contribution in [1.29, 1.82) is 0 Å². The summed E-state index contributed by atoms with van der Waals surface area (Å²) >= 11 is 1.46. The Bertz CT molecular complexity index is 950. The summed E-state index contributed by atoms with van der Waals surface area (Å²) in [6.07, 6.45) is 6.92. The molecule has 7 heteroatoms. The standard InChI is InChI=1S/C18H18N4O2S/c1-24-13-8-6-12(7-9-13)20-17(23)15-16-19-10-11-4-3-5-14(11)22(16)21-18(15)25-2/h6-10H,3-5H2,1-2H3,(H,20,23). The van der Waals surface area contributed by atoms with Crippen molar-refractivity contribution in [1.82, 2.24) is 14.6 Å². The van der Waals surface area contributed by atoms with Crippen molar-refractivity contribution < 1.29 is 9.53 Å². The number of aromatic nitrogens is 3. The third kappa shape index (κ3) is 2.74. The summed E-state index contributed by atoms with van der Waals surface area (Å²) in [5.41, 5.74) is 4.25. The molecule has 6 nitrogen and oxygen atoms in total. The number of hydrogen-bond acceptors (Lipinski definition) is 5. The van der Waals surface area contributed by atoms with Crippen molar-refractivity contribution in [2.24, 2.45) is 0 Å². The lowest BCUT2D eigenvalue weighted by molar-refractivity contribution is 0.102. The fourth-order valence-electron chi connectivity index (χ4n) is 3.18. The zero-order valence-electron chi connectivity index (χ0n) is 14.1. The Morgan fingerprint density at radius 2 is 2.08 bits per heavy atom. The second kappa shape index (κ2) is 6.40. The van der Waals surface area contributed by atoms with Gasteiger partial charge in [-0.25, -0.2) is 9.50 Å². The smallest absolute Gasteiger partial charge is 0.262 e. The van der Waals surface area contributed by atoms with Crippen molar-refractivity contribution in [3.8, 4) is 5.75 Å². The average Bonchev–Trinajstić information content (AvgIpc) is 3.25. The Morgan fingerprint density at radius 1 is 1.28 bits per heavy atom. The summed E-state index contributed by atoms with van der Waals surface area (Å²) in [5, 5.41) is 8.25. The van der Waals surface area contributed by atoms with E-state index >= 15 is 0 Å². The molecule has 0 unspecified atom stereocenters. The van der Waals surface area contributed by atoms with E-state index in [0.29, 0.717) is 21.9 Å². The van der Waals surface area contributed by atoms with Crippen molar-refractivity contribution in [2.75, 3.05) is 18.7 Å². The highest BCUT2D eigenvalue weighted by Crippen LogP contribution is 2.28. The van der Waals surface area contributed by atoms with Gasteiger partial charge in [0.15, 0.2) is 5.65 Å². The molecule has 0 saturated carbocycles. The van der Waals surface area contributed by atoms with Gasteiger partial charge < -0.3 is 10.1 Å². The molecule has 25 heavy (non-hydrogen) atoms. The molecule has 0 spiro atoms. The van der Waals surface area contributed by atoms with Gasteiger partial charge in [0.05, 0.1) is 7.11 Å². The number of aryl methyl sites for hydroxylation is 2. The number of methoxy groups -OCH3 is 1. The third-order valence-electron chi connectivity index (χ3n) is 4.43. The molecule has 2 aromatic heterocycles. The minimum absolute atomic E-state index is 0.199. The summed E-state index contributed by atoms with van der Waals surface area (Å²) in [7, 11) is 1.61. The molecule has 128 valence electrons. The first-order valence-corrected chi connectivity index (χ1v) is 9.32. The van der Waals surface area contributed by atoms with E-state index in [1.165, 1.54) is 23.0 Å². The number of anilines is 1. The molecule has 0 saturated heterocycles. The van der Waals surface area contributed by atoms with Crippen molar-refractivity contribution >= 4 is 29.0 Å². The largest absolute Gasteiger partial charge is 0.497 e. The topological polar surface area (TPSA) is 68.5 Å². The Kier molecular flexibility index (Phi) is 4.09. The Balaban J connectivity index is 1.73. The number of hydrogen-bond donors (Lipinski definition) is 1. The van der Waals surface area contributed by atoms with Crippen LogP contribution in [0.15, 0.2) is 35.5 Å². The molecule has 1 aliphatic carbocycles. The van der Waals surface area contributed by atoms with Crippen LogP contribution in [0.4, 0.5) is 5.69 Å². The quantitative estimate of drug-likeness (QED) is 0.729. The lowest BCUT2D eigenvalue weighted by Crippen LogP contribution is -2.13. The predicted molar refractivity (Wildman–Crippen MR) is 97.7 cm³/mol. The number of carbonyl (C=O) groups excluding carboxylic acids is 1. The maximum Gasteiger partial charge on any atom is 0.262 e. The van der Waals surface area contributed by atoms with Gasteiger partial charge in [0, 0.05) is 17.6 Å². The summed E-state index contributed by atoms with van der Waals surface area (Å²) < 4.78 is 6.99. The molecule has 2 heterocycles. The summed E-state index contributed by atoms with van der Waals surface area (Å²) in [5.74, 6) is 0.547. The van der Waals surface area contributed by atoms with Crippen LogP contribution in [0.3, 0.4) is 0 Å². The van der Waals surface area contributed by atoms with Crippen LogP contribution in [0.2, 0.25) is 0 Å². The van der Waals surface area contributed by atoms with Gasteiger partial charge in [-0.05, 0) is 55.3 Å². The number of benzene rings is 1. The highest BCUT2D eigenvalue weighted by molar-refractivity contribution is 7.98. The fourth-order valence-corrected chi connectivity index (χ4v) is 3.73. The first-order valence-electron chi connectivity index (χ1n) is 8.10. The van der Waals surface area contributed by atoms with E-state index in [-0.39, 0.29) is 5.91 Å². The monoisotopic (exact) mass is 354 g/mol. The molecule has 0 bridgehead atoms. The molecule has 1 N–H and O–H groups in total. The second-order valence-electron chi connectivity index (χ2n) is 5.89. The molecule has 3 aromatic rings. The number of amides is 1. The predicted octanol–water partition coefficient (Wildman–Crippen LogP) is 3.20. The molecule has 0 atom stereocenters. The molecule has 0 aliphatic heterocycles. The minimum atomic E-state index is -0.199. The highest BCUT2D eigenvalue weighted by Gasteiger charge is 2.24. The zero-order valence-corrected chi connectivity index (χ0v) is 14.9. The van der Waals surface area contributed by atoms with Gasteiger partial charge in [0.25, 0.3) is 5.91 Å². The molecule has 1 amide bonds. The van der Waals surface area contributed by atoms with Crippen LogP contribution in [0.1, 0.15) is 28.0 Å². The first kappa shape index (κ1) is 16.0. The Hall–Kier alpha value is -2.54. The maximum atomic E-state index is 12.9. The highest BCUT2D eigenvalue weighted by atomic mass is 32.2. The Morgan fingerprint density at radius 3 is 2.80 bits per heavy atom. The van der Waals surface area contributed by atoms with E-state index in [9.17, 15) is 4.79 Å². The number of carbonyl (C=O) groups is 1. The lowest BCUT2D eigenvalue weighted by atomic mass is 10.2. The maximum absolute atomic E-state index is 12.9. The van der Waals surface area contributed by atoms with Gasteiger partial charge in [-0.15, -0.1) is 11.8 Å². The molecule has 0 fully saturated rings. The van der Waals surface area contributed by atoms with Gasteiger partial charge in [0.1, 0.15) is 16.3 Å². The Labute approximate surface area is 149 Å². The molecular formula is C18H18N4O2S. The van der Waals surface area contributed by atoms with Gasteiger partial charge in [-0.3, -0.25) is 4.79 Å². The van der Waals surface area contributed by atoms with Crippen LogP contribution >= 0.6 is 11.8 Å². The van der Waals surface area contributed by atoms with E-state index in [0.717, 1.165) is 25.0 Å². The van der Waals surface area contributed by atoms with E-state index in [1.54, 1.807) is 7.11 Å². The number of thioether (sulfide) groups is 1. The van der Waals surface area contributed by atoms with E-state index in [2.05, 4.69) is 15.4 Å². The van der Waals surface area contributed by atoms with E-state index in [4.69, 9.17) is 4.74 Å². The molecule has 0 radical (unpaired) electrons. The van der Waals surface area contributed by atoms with Gasteiger partial charge in [-0.1, -0.05) is 0 Å². The van der Waals surface area contributed by atoms with Crippen LogP contribution in [0.5, 0.6) is 5.75 Å². The number of nitrogens with zero attached hydrogens (tertiary/aromatic N) is 3. The van der Waals surface area contributed by atoms with Crippen LogP contribution in [0, 0.1) is 0 Å². The summed E-state index contributed by atoms with van der Waals surface area (Å²) in [6.45, 7) is 0. The van der Waals surface area contributed by atoms with E-state index in [1.807, 2.05) is 41.2 Å². The second-order valence-corrected chi connectivity index (χ2v) is 6.68. The number of rotatable bonds is 4. The van der Waals surface area contributed by atoms with Crippen molar-refractivity contribution in [3.05, 3.63) is 47.3 Å². The SMILES string of the molecule is COc1ccc(NC(=O)c2c(SC)nn3c4c(cnc23)CCC4)cc1. The van der Waals surface area contributed by atoms with Gasteiger partial charge in [0.2, 0.25) is 0 Å². The fraction of sp³-hybridized carbons (Fsp3) is 0.278. The number of fused-ring (bicyclic) bond motifs is 3. The van der Waals surface area contributed by atoms with Crippen LogP contribution in [0.25, 0.3) is 5.65 Å². The first-order chi connectivity index (χ1) is 12.2. The molecule has 1 aliphatic rings. The summed E-state index contributed by atoms with van der Waals surface area (Å²) in [6, 6.07) is 7.25. The third-order valence-corrected chi connectivity index (χ3v) is 5.10. The number of ether oxygens (including phenoxy) is 1. The van der Waals surface area contributed by atoms with Crippen LogP contribution in [-0.2, 0) is 12.8 Å². The van der Waals surface area contributed by atoms with Crippen molar-refractivity contribution in [2.45, 2.75) is 24.3 Å². The van der Waals surface area contributed by atoms with E-state index < -0.39 is 0 Å². The normalized spacial score (nSPS) is 13.0. The van der Waals surface area contributed by atoms with Crippen LogP contribution < -0.4 is 10.1 Å².